The Labute approximate surface area is 139 Å². The van der Waals surface area contributed by atoms with Crippen LogP contribution in [0.3, 0.4) is 0 Å². The van der Waals surface area contributed by atoms with Gasteiger partial charge in [0, 0.05) is 17.6 Å². The Kier molecular flexibility index (Phi) is 5.30. The van der Waals surface area contributed by atoms with Gasteiger partial charge in [-0.1, -0.05) is 0 Å². The number of furan rings is 1. The van der Waals surface area contributed by atoms with Crippen LogP contribution < -0.4 is 10.6 Å². The van der Waals surface area contributed by atoms with E-state index in [0.717, 1.165) is 29.6 Å². The van der Waals surface area contributed by atoms with Gasteiger partial charge in [-0.15, -0.1) is 11.3 Å². The number of amides is 2. The van der Waals surface area contributed by atoms with Crippen LogP contribution in [0.25, 0.3) is 0 Å². The number of nitrogens with zero attached hydrogens (tertiary/aromatic N) is 2. The first-order valence-corrected chi connectivity index (χ1v) is 8.80. The van der Waals surface area contributed by atoms with E-state index in [4.69, 9.17) is 4.42 Å². The van der Waals surface area contributed by atoms with Gasteiger partial charge in [-0.05, 0) is 45.0 Å². The summed E-state index contributed by atoms with van der Waals surface area (Å²) in [6.07, 6.45) is 4.09. The maximum atomic E-state index is 12.0. The van der Waals surface area contributed by atoms with Crippen molar-refractivity contribution in [1.29, 1.82) is 0 Å². The Hall–Kier alpha value is -1.86. The lowest BCUT2D eigenvalue weighted by molar-refractivity contribution is 0.203. The molecule has 0 aliphatic carbocycles. The lowest BCUT2D eigenvalue weighted by Gasteiger charge is -2.26. The summed E-state index contributed by atoms with van der Waals surface area (Å²) < 4.78 is 5.55. The molecular weight excluding hydrogens is 312 g/mol. The maximum absolute atomic E-state index is 12.0. The van der Waals surface area contributed by atoms with Crippen molar-refractivity contribution in [2.45, 2.75) is 32.4 Å². The molecular formula is C16H22N4O2S. The topological polar surface area (TPSA) is 70.4 Å². The normalized spacial score (nSPS) is 16.4. The van der Waals surface area contributed by atoms with Crippen molar-refractivity contribution >= 4 is 17.4 Å². The molecule has 1 fully saturated rings. The molecule has 2 amide bonds. The van der Waals surface area contributed by atoms with Gasteiger partial charge in [0.1, 0.15) is 10.8 Å². The minimum Gasteiger partial charge on any atom is -0.468 e. The third-order valence-corrected chi connectivity index (χ3v) is 4.94. The summed E-state index contributed by atoms with van der Waals surface area (Å²) in [7, 11) is 0. The fourth-order valence-corrected chi connectivity index (χ4v) is 3.55. The first kappa shape index (κ1) is 16.0. The standard InChI is InChI=1S/C16H22N4O2S/c1-12-11-23-15(19-12)10-18-16(21)17-9-13(14-5-4-8-22-14)20-6-2-3-7-20/h4-5,8,11,13H,2-3,6-7,9-10H2,1H3,(H2,17,18,21)/t13-/m0/s1. The monoisotopic (exact) mass is 334 g/mol. The first-order valence-electron chi connectivity index (χ1n) is 7.92. The van der Waals surface area contributed by atoms with Gasteiger partial charge < -0.3 is 15.1 Å². The number of aryl methyl sites for hydroxylation is 1. The Morgan fingerprint density at radius 3 is 2.91 bits per heavy atom. The number of likely N-dealkylation sites (tertiary alicyclic amines) is 1. The number of carbonyl (C=O) groups is 1. The van der Waals surface area contributed by atoms with Crippen LogP contribution >= 0.6 is 11.3 Å². The van der Waals surface area contributed by atoms with Crippen molar-refractivity contribution in [1.82, 2.24) is 20.5 Å². The number of aromatic nitrogens is 1. The van der Waals surface area contributed by atoms with E-state index in [1.165, 1.54) is 12.8 Å². The van der Waals surface area contributed by atoms with E-state index in [1.54, 1.807) is 17.6 Å². The second-order valence-electron chi connectivity index (χ2n) is 5.72. The van der Waals surface area contributed by atoms with Crippen LogP contribution in [-0.4, -0.2) is 35.5 Å². The molecule has 3 heterocycles. The molecule has 2 N–H and O–H groups in total. The molecule has 0 aromatic carbocycles. The Morgan fingerprint density at radius 1 is 1.43 bits per heavy atom. The van der Waals surface area contributed by atoms with Gasteiger partial charge >= 0.3 is 6.03 Å². The highest BCUT2D eigenvalue weighted by Gasteiger charge is 2.25. The summed E-state index contributed by atoms with van der Waals surface area (Å²) in [5, 5.41) is 8.70. The van der Waals surface area contributed by atoms with E-state index in [9.17, 15) is 4.79 Å². The molecule has 2 aromatic heterocycles. The van der Waals surface area contributed by atoms with Crippen LogP contribution in [0.5, 0.6) is 0 Å². The van der Waals surface area contributed by atoms with Gasteiger partial charge in [0.2, 0.25) is 0 Å². The minimum atomic E-state index is -0.173. The van der Waals surface area contributed by atoms with E-state index < -0.39 is 0 Å². The zero-order chi connectivity index (χ0) is 16.1. The molecule has 2 aromatic rings. The van der Waals surface area contributed by atoms with E-state index in [1.807, 2.05) is 24.4 Å². The Morgan fingerprint density at radius 2 is 2.26 bits per heavy atom. The number of urea groups is 1. The molecule has 0 bridgehead atoms. The Balaban J connectivity index is 1.50. The zero-order valence-electron chi connectivity index (χ0n) is 13.2. The fraction of sp³-hybridized carbons (Fsp3) is 0.500. The zero-order valence-corrected chi connectivity index (χ0v) is 14.1. The quantitative estimate of drug-likeness (QED) is 0.852. The highest BCUT2D eigenvalue weighted by molar-refractivity contribution is 7.09. The Bertz CT molecular complexity index is 620. The minimum absolute atomic E-state index is 0.0976. The average Bonchev–Trinajstić information content (AvgIpc) is 3.28. The van der Waals surface area contributed by atoms with Crippen LogP contribution in [0.15, 0.2) is 28.2 Å². The van der Waals surface area contributed by atoms with E-state index in [2.05, 4.69) is 20.5 Å². The number of carbonyl (C=O) groups excluding carboxylic acids is 1. The summed E-state index contributed by atoms with van der Waals surface area (Å²) in [6, 6.07) is 3.79. The SMILES string of the molecule is Cc1csc(CNC(=O)NC[C@@H](c2ccco2)N2CCCC2)n1. The van der Waals surface area contributed by atoms with E-state index in [-0.39, 0.29) is 12.1 Å². The lowest BCUT2D eigenvalue weighted by atomic mass is 10.2. The molecule has 0 radical (unpaired) electrons. The van der Waals surface area contributed by atoms with Crippen LogP contribution in [0.2, 0.25) is 0 Å². The van der Waals surface area contributed by atoms with Crippen LogP contribution in [0.1, 0.15) is 35.3 Å². The van der Waals surface area contributed by atoms with Crippen molar-refractivity contribution in [3.05, 3.63) is 40.2 Å². The van der Waals surface area contributed by atoms with Crippen LogP contribution in [0, 0.1) is 6.92 Å². The summed E-state index contributed by atoms with van der Waals surface area (Å²) in [5.41, 5.74) is 0.985. The molecule has 1 atom stereocenters. The van der Waals surface area contributed by atoms with Crippen molar-refractivity contribution in [2.24, 2.45) is 0 Å². The molecule has 0 spiro atoms. The summed E-state index contributed by atoms with van der Waals surface area (Å²) in [4.78, 5) is 18.7. The van der Waals surface area contributed by atoms with Crippen molar-refractivity contribution in [3.8, 4) is 0 Å². The van der Waals surface area contributed by atoms with Gasteiger partial charge in [0.25, 0.3) is 0 Å². The van der Waals surface area contributed by atoms with Crippen molar-refractivity contribution in [2.75, 3.05) is 19.6 Å². The van der Waals surface area contributed by atoms with Crippen LogP contribution in [0.4, 0.5) is 4.79 Å². The van der Waals surface area contributed by atoms with Gasteiger partial charge in [0.05, 0.1) is 18.8 Å². The van der Waals surface area contributed by atoms with Gasteiger partial charge in [-0.3, -0.25) is 4.90 Å². The second kappa shape index (κ2) is 7.61. The van der Waals surface area contributed by atoms with E-state index >= 15 is 0 Å². The number of thiazole rings is 1. The van der Waals surface area contributed by atoms with Gasteiger partial charge in [0.15, 0.2) is 0 Å². The second-order valence-corrected chi connectivity index (χ2v) is 6.66. The highest BCUT2D eigenvalue weighted by atomic mass is 32.1. The lowest BCUT2D eigenvalue weighted by Crippen LogP contribution is -2.41. The largest absolute Gasteiger partial charge is 0.468 e. The van der Waals surface area contributed by atoms with Crippen molar-refractivity contribution in [3.63, 3.8) is 0 Å². The van der Waals surface area contributed by atoms with Crippen LogP contribution in [-0.2, 0) is 6.54 Å². The average molecular weight is 334 g/mol. The smallest absolute Gasteiger partial charge is 0.315 e. The van der Waals surface area contributed by atoms with E-state index in [0.29, 0.717) is 13.1 Å². The molecule has 1 saturated heterocycles. The first-order chi connectivity index (χ1) is 11.2. The molecule has 124 valence electrons. The molecule has 1 aliphatic rings. The molecule has 1 aliphatic heterocycles. The summed E-state index contributed by atoms with van der Waals surface area (Å²) >= 11 is 1.56. The molecule has 0 saturated carbocycles. The predicted molar refractivity (Wildman–Crippen MR) is 89.3 cm³/mol. The third-order valence-electron chi connectivity index (χ3n) is 3.98. The highest BCUT2D eigenvalue weighted by Crippen LogP contribution is 2.24. The molecule has 7 heteroatoms. The molecule has 23 heavy (non-hydrogen) atoms. The fourth-order valence-electron chi connectivity index (χ4n) is 2.84. The summed E-state index contributed by atoms with van der Waals surface area (Å²) in [6.45, 7) is 5.04. The molecule has 3 rings (SSSR count). The number of nitrogens with one attached hydrogen (secondary N) is 2. The maximum Gasteiger partial charge on any atom is 0.315 e. The molecule has 0 unspecified atom stereocenters. The predicted octanol–water partition coefficient (Wildman–Crippen LogP) is 2.68. The molecule has 6 nitrogen and oxygen atoms in total. The summed E-state index contributed by atoms with van der Waals surface area (Å²) in [5.74, 6) is 0.905. The number of rotatable bonds is 6. The van der Waals surface area contributed by atoms with Gasteiger partial charge in [-0.25, -0.2) is 9.78 Å². The third kappa shape index (κ3) is 4.33. The van der Waals surface area contributed by atoms with Crippen molar-refractivity contribution < 1.29 is 9.21 Å². The number of hydrogen-bond acceptors (Lipinski definition) is 5. The van der Waals surface area contributed by atoms with Gasteiger partial charge in [-0.2, -0.15) is 0 Å². The number of hydrogen-bond donors (Lipinski definition) is 2.